The second-order valence-electron chi connectivity index (χ2n) is 9.28. The monoisotopic (exact) mass is 412 g/mol. The van der Waals surface area contributed by atoms with Crippen LogP contribution in [0.3, 0.4) is 0 Å². The number of ether oxygens (including phenoxy) is 1. The number of hydrogen-bond acceptors (Lipinski definition) is 2. The Bertz CT molecular complexity index is 1150. The number of aromatic nitrogens is 2. The predicted molar refractivity (Wildman–Crippen MR) is 130 cm³/mol. The molecule has 3 aromatic carbocycles. The van der Waals surface area contributed by atoms with Gasteiger partial charge in [-0.1, -0.05) is 69.3 Å². The summed E-state index contributed by atoms with van der Waals surface area (Å²) >= 11 is 0. The molecule has 0 saturated carbocycles. The largest absolute Gasteiger partial charge is 0.494 e. The number of hydrogen-bond donors (Lipinski definition) is 0. The van der Waals surface area contributed by atoms with Gasteiger partial charge in [0.1, 0.15) is 11.6 Å². The first kappa shape index (κ1) is 21.2. The van der Waals surface area contributed by atoms with Gasteiger partial charge in [-0.3, -0.25) is 0 Å². The number of nitrogens with zero attached hydrogens (tertiary/aromatic N) is 2. The van der Waals surface area contributed by atoms with Gasteiger partial charge in [0, 0.05) is 12.1 Å². The molecule has 1 aromatic heterocycles. The summed E-state index contributed by atoms with van der Waals surface area (Å²) in [7, 11) is 0. The van der Waals surface area contributed by atoms with Crippen LogP contribution < -0.4 is 4.74 Å². The Balaban J connectivity index is 1.49. The summed E-state index contributed by atoms with van der Waals surface area (Å²) in [6.45, 7) is 10.5. The van der Waals surface area contributed by atoms with Crippen molar-refractivity contribution in [2.75, 3.05) is 6.61 Å². The van der Waals surface area contributed by atoms with E-state index in [1.165, 1.54) is 22.2 Å². The molecule has 0 amide bonds. The van der Waals surface area contributed by atoms with E-state index in [4.69, 9.17) is 9.72 Å². The van der Waals surface area contributed by atoms with Crippen LogP contribution >= 0.6 is 0 Å². The third-order valence-corrected chi connectivity index (χ3v) is 5.70. The minimum atomic E-state index is 0.149. The van der Waals surface area contributed by atoms with E-state index in [9.17, 15) is 0 Å². The van der Waals surface area contributed by atoms with Crippen LogP contribution in [0, 0.1) is 6.92 Å². The summed E-state index contributed by atoms with van der Waals surface area (Å²) in [5.41, 5.74) is 6.12. The summed E-state index contributed by atoms with van der Waals surface area (Å²) in [5, 5.41) is 0. The normalized spacial score (nSPS) is 11.7. The van der Waals surface area contributed by atoms with Crippen LogP contribution in [-0.4, -0.2) is 16.2 Å². The van der Waals surface area contributed by atoms with Crippen molar-refractivity contribution in [3.05, 3.63) is 83.9 Å². The molecule has 4 rings (SSSR count). The fourth-order valence-electron chi connectivity index (χ4n) is 3.91. The minimum Gasteiger partial charge on any atom is -0.494 e. The van der Waals surface area contributed by atoms with Crippen molar-refractivity contribution in [1.82, 2.24) is 9.55 Å². The summed E-state index contributed by atoms with van der Waals surface area (Å²) in [6.07, 6.45) is 2.04. The highest BCUT2D eigenvalue weighted by atomic mass is 16.5. The van der Waals surface area contributed by atoms with Crippen LogP contribution in [0.4, 0.5) is 0 Å². The highest BCUT2D eigenvalue weighted by Gasteiger charge is 2.16. The highest BCUT2D eigenvalue weighted by Crippen LogP contribution is 2.28. The maximum absolute atomic E-state index is 5.93. The van der Waals surface area contributed by atoms with Gasteiger partial charge in [-0.2, -0.15) is 0 Å². The number of para-hydroxylation sites is 2. The first-order chi connectivity index (χ1) is 14.9. The number of unbranched alkanes of at least 4 members (excludes halogenated alkanes) is 1. The Morgan fingerprint density at radius 3 is 2.39 bits per heavy atom. The topological polar surface area (TPSA) is 27.1 Å². The fourth-order valence-corrected chi connectivity index (χ4v) is 3.91. The lowest BCUT2D eigenvalue weighted by molar-refractivity contribution is 0.303. The molecule has 0 aliphatic heterocycles. The van der Waals surface area contributed by atoms with Crippen molar-refractivity contribution < 1.29 is 4.74 Å². The lowest BCUT2D eigenvalue weighted by atomic mass is 9.87. The third kappa shape index (κ3) is 4.99. The van der Waals surface area contributed by atoms with E-state index >= 15 is 0 Å². The molecule has 0 bridgehead atoms. The molecule has 0 unspecified atom stereocenters. The fraction of sp³-hybridized carbons (Fsp3) is 0.321. The van der Waals surface area contributed by atoms with E-state index < -0.39 is 0 Å². The molecular formula is C28H32N2O. The Hall–Kier alpha value is -3.07. The van der Waals surface area contributed by atoms with Crippen molar-refractivity contribution >= 4 is 11.0 Å². The molecule has 0 aliphatic carbocycles. The van der Waals surface area contributed by atoms with Crippen LogP contribution in [0.25, 0.3) is 22.4 Å². The second-order valence-corrected chi connectivity index (χ2v) is 9.28. The predicted octanol–water partition coefficient (Wildman–Crippen LogP) is 7.17. The Morgan fingerprint density at radius 1 is 0.871 bits per heavy atom. The minimum absolute atomic E-state index is 0.149. The molecule has 0 spiro atoms. The number of rotatable bonds is 7. The van der Waals surface area contributed by atoms with Crippen molar-refractivity contribution in [2.24, 2.45) is 0 Å². The summed E-state index contributed by atoms with van der Waals surface area (Å²) < 4.78 is 8.28. The molecule has 0 radical (unpaired) electrons. The van der Waals surface area contributed by atoms with Crippen LogP contribution in [-0.2, 0) is 12.0 Å². The van der Waals surface area contributed by atoms with Crippen LogP contribution in [0.2, 0.25) is 0 Å². The summed E-state index contributed by atoms with van der Waals surface area (Å²) in [6, 6.07) is 25.5. The van der Waals surface area contributed by atoms with Crippen LogP contribution in [0.15, 0.2) is 72.8 Å². The molecule has 31 heavy (non-hydrogen) atoms. The summed E-state index contributed by atoms with van der Waals surface area (Å²) in [5.74, 6) is 1.99. The van der Waals surface area contributed by atoms with Gasteiger partial charge in [-0.05, 0) is 60.6 Å². The molecule has 0 fully saturated rings. The van der Waals surface area contributed by atoms with Crippen LogP contribution in [0.1, 0.15) is 44.7 Å². The van der Waals surface area contributed by atoms with Crippen LogP contribution in [0.5, 0.6) is 5.75 Å². The van der Waals surface area contributed by atoms with Gasteiger partial charge >= 0.3 is 0 Å². The van der Waals surface area contributed by atoms with E-state index in [1.807, 2.05) is 12.1 Å². The van der Waals surface area contributed by atoms with E-state index in [1.54, 1.807) is 0 Å². The van der Waals surface area contributed by atoms with Gasteiger partial charge in [-0.25, -0.2) is 4.98 Å². The van der Waals surface area contributed by atoms with Gasteiger partial charge in [0.2, 0.25) is 0 Å². The molecular weight excluding hydrogens is 380 g/mol. The molecule has 4 aromatic rings. The molecule has 3 nitrogen and oxygen atoms in total. The van der Waals surface area contributed by atoms with Crippen molar-refractivity contribution in [2.45, 2.75) is 52.5 Å². The van der Waals surface area contributed by atoms with E-state index in [2.05, 4.69) is 92.9 Å². The van der Waals surface area contributed by atoms with E-state index in [0.717, 1.165) is 43.1 Å². The lowest BCUT2D eigenvalue weighted by Gasteiger charge is -2.19. The zero-order valence-corrected chi connectivity index (χ0v) is 19.1. The second kappa shape index (κ2) is 8.97. The Labute approximate surface area is 185 Å². The third-order valence-electron chi connectivity index (χ3n) is 5.70. The van der Waals surface area contributed by atoms with Crippen molar-refractivity contribution in [3.63, 3.8) is 0 Å². The van der Waals surface area contributed by atoms with Gasteiger partial charge in [0.15, 0.2) is 0 Å². The number of benzene rings is 3. The zero-order valence-electron chi connectivity index (χ0n) is 19.1. The van der Waals surface area contributed by atoms with Gasteiger partial charge in [-0.15, -0.1) is 0 Å². The maximum atomic E-state index is 5.93. The number of aryl methyl sites for hydroxylation is 2. The first-order valence-corrected chi connectivity index (χ1v) is 11.2. The van der Waals surface area contributed by atoms with E-state index in [0.29, 0.717) is 0 Å². The van der Waals surface area contributed by atoms with Crippen molar-refractivity contribution in [3.8, 4) is 17.1 Å². The van der Waals surface area contributed by atoms with Gasteiger partial charge in [0.05, 0.1) is 17.6 Å². The average molecular weight is 413 g/mol. The first-order valence-electron chi connectivity index (χ1n) is 11.2. The quantitative estimate of drug-likeness (QED) is 0.301. The van der Waals surface area contributed by atoms with E-state index in [-0.39, 0.29) is 5.41 Å². The Morgan fingerprint density at radius 2 is 1.65 bits per heavy atom. The SMILES string of the molecule is Cc1cccc(OCCCCn2c(-c3ccc(C(C)(C)C)cc3)nc3ccccc32)c1. The Kier molecular flexibility index (Phi) is 6.13. The molecule has 0 aliphatic rings. The van der Waals surface area contributed by atoms with Crippen molar-refractivity contribution in [1.29, 1.82) is 0 Å². The van der Waals surface area contributed by atoms with Gasteiger partial charge < -0.3 is 9.30 Å². The maximum Gasteiger partial charge on any atom is 0.141 e. The molecule has 0 atom stereocenters. The molecule has 3 heteroatoms. The zero-order chi connectivity index (χ0) is 21.8. The smallest absolute Gasteiger partial charge is 0.141 e. The standard InChI is InChI=1S/C28H32N2O/c1-21-10-9-11-24(20-21)31-19-8-7-18-30-26-13-6-5-12-25(26)29-27(30)22-14-16-23(17-15-22)28(2,3)4/h5-6,9-17,20H,7-8,18-19H2,1-4H3. The lowest BCUT2D eigenvalue weighted by Crippen LogP contribution is -2.10. The number of imidazole rings is 1. The average Bonchev–Trinajstić information content (AvgIpc) is 3.12. The molecule has 0 saturated heterocycles. The number of fused-ring (bicyclic) bond motifs is 1. The van der Waals surface area contributed by atoms with Gasteiger partial charge in [0.25, 0.3) is 0 Å². The molecule has 160 valence electrons. The summed E-state index contributed by atoms with van der Waals surface area (Å²) in [4.78, 5) is 4.96. The highest BCUT2D eigenvalue weighted by molar-refractivity contribution is 5.80. The molecule has 0 N–H and O–H groups in total. The molecule has 1 heterocycles.